The maximum absolute atomic E-state index is 11.9. The SMILES string of the molecule is Cc1c(CC(N)=O)c2cc(C(CC=O)P(=O)(O)O)ccc2n1Cc1ccccc1. The Kier molecular flexibility index (Phi) is 6.03. The molecule has 0 aliphatic rings. The first-order chi connectivity index (χ1) is 13.7. The van der Waals surface area contributed by atoms with E-state index in [0.29, 0.717) is 23.8 Å². The smallest absolute Gasteiger partial charge is 0.333 e. The van der Waals surface area contributed by atoms with Gasteiger partial charge in [0.25, 0.3) is 0 Å². The van der Waals surface area contributed by atoms with Crippen LogP contribution in [0.25, 0.3) is 10.9 Å². The topological polar surface area (TPSA) is 123 Å². The molecule has 8 heteroatoms. The number of carbonyl (C=O) groups is 2. The molecule has 0 spiro atoms. The molecule has 0 radical (unpaired) electrons. The number of nitrogens with two attached hydrogens (primary N) is 1. The van der Waals surface area contributed by atoms with E-state index in [1.54, 1.807) is 18.2 Å². The molecule has 7 nitrogen and oxygen atoms in total. The van der Waals surface area contributed by atoms with Crippen molar-refractivity contribution in [3.05, 3.63) is 70.9 Å². The molecule has 1 heterocycles. The molecule has 0 saturated carbocycles. The van der Waals surface area contributed by atoms with Gasteiger partial charge in [-0.3, -0.25) is 9.36 Å². The third kappa shape index (κ3) is 4.48. The van der Waals surface area contributed by atoms with Crippen molar-refractivity contribution in [1.29, 1.82) is 0 Å². The minimum absolute atomic E-state index is 0.0157. The quantitative estimate of drug-likeness (QED) is 0.386. The van der Waals surface area contributed by atoms with E-state index in [-0.39, 0.29) is 12.8 Å². The molecule has 2 aromatic carbocycles. The van der Waals surface area contributed by atoms with Gasteiger partial charge in [0.2, 0.25) is 5.91 Å². The predicted octanol–water partition coefficient (Wildman–Crippen LogP) is 2.83. The molecule has 0 fully saturated rings. The summed E-state index contributed by atoms with van der Waals surface area (Å²) in [5.41, 5.74) is 8.09. The molecule has 0 saturated heterocycles. The average molecular weight is 414 g/mol. The van der Waals surface area contributed by atoms with Crippen molar-refractivity contribution < 1.29 is 23.9 Å². The van der Waals surface area contributed by atoms with E-state index in [0.717, 1.165) is 22.3 Å². The summed E-state index contributed by atoms with van der Waals surface area (Å²) in [7, 11) is -4.52. The first-order valence-electron chi connectivity index (χ1n) is 9.15. The van der Waals surface area contributed by atoms with E-state index >= 15 is 0 Å². The summed E-state index contributed by atoms with van der Waals surface area (Å²) in [6.07, 6.45) is 0.233. The van der Waals surface area contributed by atoms with Gasteiger partial charge in [0, 0.05) is 29.6 Å². The third-order valence-electron chi connectivity index (χ3n) is 5.12. The highest BCUT2D eigenvalue weighted by Gasteiger charge is 2.30. The summed E-state index contributed by atoms with van der Waals surface area (Å²) in [4.78, 5) is 42.0. The number of nitrogens with zero attached hydrogens (tertiary/aromatic N) is 1. The van der Waals surface area contributed by atoms with Crippen LogP contribution in [0.3, 0.4) is 0 Å². The molecule has 3 rings (SSSR count). The summed E-state index contributed by atoms with van der Waals surface area (Å²) in [6.45, 7) is 2.48. The van der Waals surface area contributed by atoms with Crippen molar-refractivity contribution >= 4 is 30.7 Å². The molecule has 0 aliphatic carbocycles. The predicted molar refractivity (Wildman–Crippen MR) is 111 cm³/mol. The Labute approximate surface area is 168 Å². The van der Waals surface area contributed by atoms with Crippen LogP contribution in [0.4, 0.5) is 0 Å². The minimum atomic E-state index is -4.52. The van der Waals surface area contributed by atoms with E-state index in [1.807, 2.05) is 37.3 Å². The number of amides is 1. The van der Waals surface area contributed by atoms with Gasteiger partial charge in [0.05, 0.1) is 12.1 Å². The Morgan fingerprint density at radius 3 is 2.48 bits per heavy atom. The van der Waals surface area contributed by atoms with Crippen LogP contribution in [-0.2, 0) is 27.1 Å². The van der Waals surface area contributed by atoms with Gasteiger partial charge in [-0.2, -0.15) is 0 Å². The number of hydrogen-bond acceptors (Lipinski definition) is 3. The van der Waals surface area contributed by atoms with Crippen LogP contribution in [0.5, 0.6) is 0 Å². The van der Waals surface area contributed by atoms with Crippen molar-refractivity contribution in [2.75, 3.05) is 0 Å². The largest absolute Gasteiger partial charge is 0.369 e. The van der Waals surface area contributed by atoms with Gasteiger partial charge in [0.1, 0.15) is 6.29 Å². The number of benzene rings is 2. The maximum Gasteiger partial charge on any atom is 0.333 e. The number of primary amides is 1. The van der Waals surface area contributed by atoms with Crippen molar-refractivity contribution in [2.24, 2.45) is 5.73 Å². The highest BCUT2D eigenvalue weighted by molar-refractivity contribution is 7.52. The Morgan fingerprint density at radius 1 is 1.21 bits per heavy atom. The van der Waals surface area contributed by atoms with E-state index in [9.17, 15) is 23.9 Å². The van der Waals surface area contributed by atoms with Gasteiger partial charge in [-0.25, -0.2) is 0 Å². The average Bonchev–Trinajstić information content (AvgIpc) is 2.91. The molecule has 3 aromatic rings. The van der Waals surface area contributed by atoms with Gasteiger partial charge >= 0.3 is 7.60 Å². The lowest BCUT2D eigenvalue weighted by molar-refractivity contribution is -0.117. The van der Waals surface area contributed by atoms with E-state index in [1.165, 1.54) is 0 Å². The summed E-state index contributed by atoms with van der Waals surface area (Å²) >= 11 is 0. The maximum atomic E-state index is 11.9. The van der Waals surface area contributed by atoms with Crippen LogP contribution in [0.1, 0.15) is 34.5 Å². The number of hydrogen-bond donors (Lipinski definition) is 3. The second kappa shape index (κ2) is 8.33. The molecule has 1 amide bonds. The lowest BCUT2D eigenvalue weighted by Gasteiger charge is -2.17. The second-order valence-electron chi connectivity index (χ2n) is 7.06. The molecular weight excluding hydrogens is 391 g/mol. The molecule has 0 aliphatic heterocycles. The third-order valence-corrected chi connectivity index (χ3v) is 6.44. The first kappa shape index (κ1) is 21.0. The fourth-order valence-corrected chi connectivity index (χ4v) is 4.61. The monoisotopic (exact) mass is 414 g/mol. The number of rotatable bonds is 8. The number of aromatic nitrogens is 1. The van der Waals surface area contributed by atoms with Crippen LogP contribution < -0.4 is 5.73 Å². The first-order valence-corrected chi connectivity index (χ1v) is 10.8. The fraction of sp³-hybridized carbons (Fsp3) is 0.238. The van der Waals surface area contributed by atoms with E-state index in [4.69, 9.17) is 5.73 Å². The van der Waals surface area contributed by atoms with Crippen LogP contribution in [-0.4, -0.2) is 26.5 Å². The zero-order valence-corrected chi connectivity index (χ0v) is 16.9. The van der Waals surface area contributed by atoms with Crippen molar-refractivity contribution in [3.63, 3.8) is 0 Å². The summed E-state index contributed by atoms with van der Waals surface area (Å²) < 4.78 is 13.9. The van der Waals surface area contributed by atoms with Gasteiger partial charge in [-0.05, 0) is 35.7 Å². The second-order valence-corrected chi connectivity index (χ2v) is 8.86. The van der Waals surface area contributed by atoms with E-state index < -0.39 is 19.2 Å². The molecule has 1 unspecified atom stereocenters. The minimum Gasteiger partial charge on any atom is -0.369 e. The van der Waals surface area contributed by atoms with Crippen molar-refractivity contribution in [3.8, 4) is 0 Å². The Morgan fingerprint density at radius 2 is 1.90 bits per heavy atom. The Hall–Kier alpha value is -2.73. The summed E-state index contributed by atoms with van der Waals surface area (Å²) in [5, 5.41) is 0.707. The van der Waals surface area contributed by atoms with Gasteiger partial charge in [0.15, 0.2) is 0 Å². The van der Waals surface area contributed by atoms with Crippen molar-refractivity contribution in [1.82, 2.24) is 4.57 Å². The summed E-state index contributed by atoms with van der Waals surface area (Å²) in [6, 6.07) is 14.9. The van der Waals surface area contributed by atoms with Gasteiger partial charge in [-0.1, -0.05) is 36.4 Å². The number of aldehydes is 1. The lowest BCUT2D eigenvalue weighted by atomic mass is 10.0. The number of fused-ring (bicyclic) bond motifs is 1. The zero-order valence-electron chi connectivity index (χ0n) is 16.0. The van der Waals surface area contributed by atoms with Crippen molar-refractivity contribution in [2.45, 2.75) is 32.0 Å². The van der Waals surface area contributed by atoms with Crippen LogP contribution in [0, 0.1) is 6.92 Å². The molecule has 1 aromatic heterocycles. The Balaban J connectivity index is 2.19. The highest BCUT2D eigenvalue weighted by Crippen LogP contribution is 2.53. The highest BCUT2D eigenvalue weighted by atomic mass is 31.2. The standard InChI is InChI=1S/C21H23N2O5P/c1-14-17(12-21(22)25)18-11-16(20(9-10-24)29(26,27)28)7-8-19(18)23(14)13-15-5-3-2-4-6-15/h2-8,10-11,20H,9,12-13H2,1H3,(H2,22,25)(H2,26,27,28). The van der Waals surface area contributed by atoms with Gasteiger partial charge < -0.3 is 24.9 Å². The fourth-order valence-electron chi connectivity index (χ4n) is 3.70. The van der Waals surface area contributed by atoms with Gasteiger partial charge in [-0.15, -0.1) is 0 Å². The molecule has 152 valence electrons. The van der Waals surface area contributed by atoms with Crippen LogP contribution in [0.15, 0.2) is 48.5 Å². The zero-order chi connectivity index (χ0) is 21.2. The number of carbonyl (C=O) groups excluding carboxylic acids is 2. The molecule has 1 atom stereocenters. The molecule has 0 bridgehead atoms. The summed E-state index contributed by atoms with van der Waals surface area (Å²) in [5.74, 6) is -0.489. The normalized spacial score (nSPS) is 12.8. The molecular formula is C21H23N2O5P. The lowest BCUT2D eigenvalue weighted by Crippen LogP contribution is -2.14. The molecule has 4 N–H and O–H groups in total. The Bertz CT molecular complexity index is 1100. The molecule has 29 heavy (non-hydrogen) atoms. The van der Waals surface area contributed by atoms with E-state index in [2.05, 4.69) is 4.57 Å². The van der Waals surface area contributed by atoms with Crippen LogP contribution in [0.2, 0.25) is 0 Å². The van der Waals surface area contributed by atoms with Crippen LogP contribution >= 0.6 is 7.60 Å².